The van der Waals surface area contributed by atoms with E-state index in [4.69, 9.17) is 0 Å². The van der Waals surface area contributed by atoms with Gasteiger partial charge in [-0.15, -0.1) is 0 Å². The Labute approximate surface area is 132 Å². The van der Waals surface area contributed by atoms with E-state index in [0.29, 0.717) is 30.0 Å². The van der Waals surface area contributed by atoms with Crippen LogP contribution in [-0.2, 0) is 4.79 Å². The molecule has 0 aromatic heterocycles. The summed E-state index contributed by atoms with van der Waals surface area (Å²) < 4.78 is 0. The summed E-state index contributed by atoms with van der Waals surface area (Å²) in [6.45, 7) is 4.47. The molecule has 0 aromatic rings. The van der Waals surface area contributed by atoms with E-state index in [1.807, 2.05) is 6.08 Å². The van der Waals surface area contributed by atoms with E-state index < -0.39 is 0 Å². The lowest BCUT2D eigenvalue weighted by Crippen LogP contribution is -2.57. The van der Waals surface area contributed by atoms with Crippen LogP contribution in [0.2, 0.25) is 0 Å². The molecule has 22 heavy (non-hydrogen) atoms. The molecule has 1 unspecified atom stereocenters. The van der Waals surface area contributed by atoms with Gasteiger partial charge in [0.25, 0.3) is 0 Å². The van der Waals surface area contributed by atoms with Gasteiger partial charge in [-0.05, 0) is 61.2 Å². The van der Waals surface area contributed by atoms with Crippen molar-refractivity contribution in [2.75, 3.05) is 0 Å². The molecule has 0 bridgehead atoms. The van der Waals surface area contributed by atoms with Crippen molar-refractivity contribution < 1.29 is 15.0 Å². The lowest BCUT2D eigenvalue weighted by atomic mass is 9.45. The third-order valence-corrected chi connectivity index (χ3v) is 7.89. The molecule has 4 rings (SSSR count). The molecule has 4 aliphatic rings. The van der Waals surface area contributed by atoms with E-state index in [2.05, 4.69) is 19.9 Å². The Morgan fingerprint density at radius 3 is 2.68 bits per heavy atom. The molecule has 0 heterocycles. The Kier molecular flexibility index (Phi) is 3.16. The van der Waals surface area contributed by atoms with E-state index in [1.54, 1.807) is 0 Å². The number of aliphatic hydroxyl groups excluding tert-OH is 2. The molecule has 3 nitrogen and oxygen atoms in total. The maximum atomic E-state index is 12.4. The van der Waals surface area contributed by atoms with E-state index in [0.717, 1.165) is 32.1 Å². The zero-order valence-electron chi connectivity index (χ0n) is 13.7. The number of allylic oxidation sites excluding steroid dienone is 1. The van der Waals surface area contributed by atoms with Crippen molar-refractivity contribution >= 4 is 5.78 Å². The van der Waals surface area contributed by atoms with Crippen LogP contribution in [0.3, 0.4) is 0 Å². The van der Waals surface area contributed by atoms with Gasteiger partial charge in [0.15, 0.2) is 0 Å². The Bertz CT molecular complexity index is 527. The van der Waals surface area contributed by atoms with Gasteiger partial charge in [-0.3, -0.25) is 4.79 Å². The summed E-state index contributed by atoms with van der Waals surface area (Å²) in [5.74, 6) is 1.85. The van der Waals surface area contributed by atoms with Gasteiger partial charge >= 0.3 is 0 Å². The number of aliphatic hydroxyl groups is 2. The number of Topliss-reactive ketones (excluding diaryl/α,β-unsaturated/α-hetero) is 1. The van der Waals surface area contributed by atoms with Crippen LogP contribution < -0.4 is 0 Å². The van der Waals surface area contributed by atoms with Crippen molar-refractivity contribution in [1.29, 1.82) is 0 Å². The smallest absolute Gasteiger partial charge is 0.139 e. The number of carbonyl (C=O) groups excluding carboxylic acids is 1. The minimum Gasteiger partial charge on any atom is -0.393 e. The zero-order chi connectivity index (χ0) is 15.7. The summed E-state index contributed by atoms with van der Waals surface area (Å²) in [7, 11) is 0. The first kappa shape index (κ1) is 14.9. The Hall–Kier alpha value is -0.670. The summed E-state index contributed by atoms with van der Waals surface area (Å²) in [6, 6.07) is 0. The number of hydrogen-bond acceptors (Lipinski definition) is 3. The second-order valence-corrected chi connectivity index (χ2v) is 8.74. The normalized spacial score (nSPS) is 57.2. The Morgan fingerprint density at radius 2 is 1.91 bits per heavy atom. The summed E-state index contributed by atoms with van der Waals surface area (Å²) in [5.41, 5.74) is -0.112. The molecular weight excluding hydrogens is 276 g/mol. The van der Waals surface area contributed by atoms with Gasteiger partial charge in [0.1, 0.15) is 5.78 Å². The lowest BCUT2D eigenvalue weighted by Gasteiger charge is -2.59. The first-order valence-corrected chi connectivity index (χ1v) is 8.95. The quantitative estimate of drug-likeness (QED) is 0.677. The highest BCUT2D eigenvalue weighted by Gasteiger charge is 2.61. The van der Waals surface area contributed by atoms with E-state index in [1.165, 1.54) is 0 Å². The van der Waals surface area contributed by atoms with Gasteiger partial charge in [0.05, 0.1) is 12.2 Å². The first-order chi connectivity index (χ1) is 10.4. The Morgan fingerprint density at radius 1 is 1.14 bits per heavy atom. The van der Waals surface area contributed by atoms with Crippen LogP contribution in [0, 0.1) is 34.5 Å². The summed E-state index contributed by atoms with van der Waals surface area (Å²) >= 11 is 0. The summed E-state index contributed by atoms with van der Waals surface area (Å²) in [6.07, 6.45) is 8.74. The molecule has 8 atom stereocenters. The average molecular weight is 304 g/mol. The van der Waals surface area contributed by atoms with Gasteiger partial charge in [-0.25, -0.2) is 0 Å². The standard InChI is InChI=1S/C19H28O3/c1-18-7-5-12(20)9-11(18)10-15(21)17-13-3-4-16(22)19(13,2)8-6-14(17)18/h5,7,11-15,17,20-21H,3-4,6,8-10H2,1-2H3/t11?,12-,13-,14-,15+,17-,18-,19-/m0/s1. The predicted molar refractivity (Wildman–Crippen MR) is 84.0 cm³/mol. The molecule has 0 saturated heterocycles. The fourth-order valence-electron chi connectivity index (χ4n) is 6.53. The second kappa shape index (κ2) is 4.67. The number of carbonyl (C=O) groups is 1. The third-order valence-electron chi connectivity index (χ3n) is 7.89. The molecule has 4 aliphatic carbocycles. The zero-order valence-corrected chi connectivity index (χ0v) is 13.7. The van der Waals surface area contributed by atoms with Crippen molar-refractivity contribution in [2.24, 2.45) is 34.5 Å². The predicted octanol–water partition coefficient (Wildman–Crippen LogP) is 2.71. The van der Waals surface area contributed by atoms with Crippen LogP contribution in [0.15, 0.2) is 12.2 Å². The molecule has 0 aromatic carbocycles. The van der Waals surface area contributed by atoms with Crippen molar-refractivity contribution in [2.45, 2.75) is 64.6 Å². The molecule has 0 aliphatic heterocycles. The highest BCUT2D eigenvalue weighted by molar-refractivity contribution is 5.87. The van der Waals surface area contributed by atoms with Crippen LogP contribution >= 0.6 is 0 Å². The number of ketones is 1. The van der Waals surface area contributed by atoms with Gasteiger partial charge in [0.2, 0.25) is 0 Å². The van der Waals surface area contributed by atoms with Gasteiger partial charge in [-0.1, -0.05) is 26.0 Å². The topological polar surface area (TPSA) is 57.5 Å². The van der Waals surface area contributed by atoms with Crippen LogP contribution in [0.1, 0.15) is 52.4 Å². The summed E-state index contributed by atoms with van der Waals surface area (Å²) in [5, 5.41) is 20.8. The highest BCUT2D eigenvalue weighted by atomic mass is 16.3. The van der Waals surface area contributed by atoms with Crippen molar-refractivity contribution in [3.63, 3.8) is 0 Å². The van der Waals surface area contributed by atoms with Crippen molar-refractivity contribution in [1.82, 2.24) is 0 Å². The maximum Gasteiger partial charge on any atom is 0.139 e. The number of hydrogen-bond donors (Lipinski definition) is 2. The molecule has 122 valence electrons. The molecular formula is C19H28O3. The monoisotopic (exact) mass is 304 g/mol. The minimum absolute atomic E-state index is 0.0795. The molecule has 3 saturated carbocycles. The van der Waals surface area contributed by atoms with Crippen LogP contribution in [0.4, 0.5) is 0 Å². The molecule has 3 heteroatoms. The van der Waals surface area contributed by atoms with Crippen LogP contribution in [0.5, 0.6) is 0 Å². The molecule has 0 amide bonds. The third kappa shape index (κ3) is 1.78. The van der Waals surface area contributed by atoms with Gasteiger partial charge in [-0.2, -0.15) is 0 Å². The molecule has 2 N–H and O–H groups in total. The van der Waals surface area contributed by atoms with Gasteiger partial charge < -0.3 is 10.2 Å². The van der Waals surface area contributed by atoms with Crippen LogP contribution in [-0.4, -0.2) is 28.2 Å². The van der Waals surface area contributed by atoms with E-state index in [-0.39, 0.29) is 29.0 Å². The fourth-order valence-corrected chi connectivity index (χ4v) is 6.53. The lowest BCUT2D eigenvalue weighted by molar-refractivity contribution is -0.150. The van der Waals surface area contributed by atoms with Gasteiger partial charge in [0, 0.05) is 11.8 Å². The number of rotatable bonds is 0. The molecule has 0 spiro atoms. The Balaban J connectivity index is 1.73. The van der Waals surface area contributed by atoms with E-state index in [9.17, 15) is 15.0 Å². The van der Waals surface area contributed by atoms with Crippen LogP contribution in [0.25, 0.3) is 0 Å². The fraction of sp³-hybridized carbons (Fsp3) is 0.842. The highest BCUT2D eigenvalue weighted by Crippen LogP contribution is 2.64. The minimum atomic E-state index is -0.358. The average Bonchev–Trinajstić information content (AvgIpc) is 2.77. The van der Waals surface area contributed by atoms with Crippen molar-refractivity contribution in [3.8, 4) is 0 Å². The summed E-state index contributed by atoms with van der Waals surface area (Å²) in [4.78, 5) is 12.4. The SMILES string of the molecule is C[C@]12C=C[C@H](O)CC1C[C@@H](O)[C@@H]1[C@@H]2CC[C@]2(C)C(=O)CC[C@@H]12. The maximum absolute atomic E-state index is 12.4. The number of fused-ring (bicyclic) bond motifs is 5. The first-order valence-electron chi connectivity index (χ1n) is 8.95. The van der Waals surface area contributed by atoms with E-state index >= 15 is 0 Å². The van der Waals surface area contributed by atoms with Crippen molar-refractivity contribution in [3.05, 3.63) is 12.2 Å². The molecule has 3 fully saturated rings. The largest absolute Gasteiger partial charge is 0.393 e. The second-order valence-electron chi connectivity index (χ2n) is 8.74. The molecule has 0 radical (unpaired) electrons.